The second-order valence-electron chi connectivity index (χ2n) is 26.5. The van der Waals surface area contributed by atoms with Crippen molar-refractivity contribution >= 4 is 41.4 Å². The van der Waals surface area contributed by atoms with Crippen molar-refractivity contribution in [2.24, 2.45) is 17.6 Å². The van der Waals surface area contributed by atoms with Crippen LogP contribution in [0.4, 0.5) is 0 Å². The van der Waals surface area contributed by atoms with E-state index in [1.807, 2.05) is 0 Å². The highest BCUT2D eigenvalue weighted by Crippen LogP contribution is 2.20. The summed E-state index contributed by atoms with van der Waals surface area (Å²) in [6.07, 6.45) is 40.9. The summed E-state index contributed by atoms with van der Waals surface area (Å²) in [5.41, 5.74) is 5.77. The Morgan fingerprint density at radius 3 is 0.800 bits per heavy atom. The van der Waals surface area contributed by atoms with E-state index in [0.717, 1.165) is 161 Å². The van der Waals surface area contributed by atoms with Crippen molar-refractivity contribution in [3.8, 4) is 0 Å². The van der Waals surface area contributed by atoms with E-state index in [2.05, 4.69) is 60.7 Å². The van der Waals surface area contributed by atoms with Crippen LogP contribution in [0.15, 0.2) is 0 Å². The number of primary amides is 1. The molecule has 0 aromatic carbocycles. The summed E-state index contributed by atoms with van der Waals surface area (Å²) < 4.78 is 0. The molecular formula is C73H142N8O9. The zero-order valence-electron chi connectivity index (χ0n) is 59.6. The fraction of sp³-hybridized carbons (Fsp3) is 0.904. The van der Waals surface area contributed by atoms with Gasteiger partial charge in [0.15, 0.2) is 0 Å². The summed E-state index contributed by atoms with van der Waals surface area (Å²) in [6, 6.07) is -0.690. The summed E-state index contributed by atoms with van der Waals surface area (Å²) in [7, 11) is 0. The Kier molecular flexibility index (Phi) is 57.6. The van der Waals surface area contributed by atoms with Crippen LogP contribution in [0.25, 0.3) is 0 Å². The standard InChI is InChI=1S/C73H142N8O9/c1-9-17-23-27-31-35-39-43-49-76(68(85)53-75-66(62-82)63-83)57-69(86)79(52-46-42-38-34-30-26-20-12-4)60-73(90)81(55-65(16-8)48-22-14-6)61-71(88)77(50-44-40-36-32-28-24-18-10-2)58-70(87)78(51-45-41-37-33-29-25-19-11-3)59-72(89)80(56-67(74)84)54-64(15-7)47-21-13-5/h64-66,75,82-83H,9-63H2,1-8H3,(H2,74,84). The highest BCUT2D eigenvalue weighted by molar-refractivity contribution is 5.93. The van der Waals surface area contributed by atoms with Gasteiger partial charge in [0.25, 0.3) is 0 Å². The maximum atomic E-state index is 15.3. The van der Waals surface area contributed by atoms with E-state index in [1.165, 1.54) is 75.5 Å². The zero-order valence-corrected chi connectivity index (χ0v) is 59.6. The van der Waals surface area contributed by atoms with Gasteiger partial charge < -0.3 is 50.7 Å². The highest BCUT2D eigenvalue weighted by atomic mass is 16.3. The molecule has 0 aliphatic rings. The molecule has 17 nitrogen and oxygen atoms in total. The molecule has 0 aromatic heterocycles. The number of aliphatic hydroxyl groups is 2. The number of hydrogen-bond acceptors (Lipinski definition) is 10. The van der Waals surface area contributed by atoms with Crippen molar-refractivity contribution in [3.63, 3.8) is 0 Å². The average Bonchev–Trinajstić information content (AvgIpc) is 3.70. The predicted molar refractivity (Wildman–Crippen MR) is 372 cm³/mol. The molecule has 0 radical (unpaired) electrons. The van der Waals surface area contributed by atoms with Gasteiger partial charge >= 0.3 is 0 Å². The average molecular weight is 1280 g/mol. The number of carbonyl (C=O) groups is 7. The first-order chi connectivity index (χ1) is 43.6. The van der Waals surface area contributed by atoms with Crippen LogP contribution in [0.1, 0.15) is 312 Å². The lowest BCUT2D eigenvalue weighted by Gasteiger charge is -2.34. The lowest BCUT2D eigenvalue weighted by atomic mass is 9.98. The zero-order chi connectivity index (χ0) is 66.8. The lowest BCUT2D eigenvalue weighted by Crippen LogP contribution is -2.53. The largest absolute Gasteiger partial charge is 0.395 e. The summed E-state index contributed by atoms with van der Waals surface area (Å²) in [6.45, 7) is 16.8. The second kappa shape index (κ2) is 60.1. The molecule has 17 heteroatoms. The number of amides is 7. The maximum absolute atomic E-state index is 15.3. The van der Waals surface area contributed by atoms with Crippen molar-refractivity contribution in [2.45, 2.75) is 318 Å². The molecule has 0 aromatic rings. The molecule has 2 atom stereocenters. The molecule has 0 aliphatic heterocycles. The third-order valence-corrected chi connectivity index (χ3v) is 18.2. The molecule has 0 aliphatic carbocycles. The van der Waals surface area contributed by atoms with Crippen molar-refractivity contribution in [1.29, 1.82) is 0 Å². The lowest BCUT2D eigenvalue weighted by molar-refractivity contribution is -0.148. The topological polar surface area (TPSA) is 217 Å². The van der Waals surface area contributed by atoms with Gasteiger partial charge in [-0.05, 0) is 50.4 Å². The van der Waals surface area contributed by atoms with Crippen LogP contribution < -0.4 is 11.1 Å². The first kappa shape index (κ1) is 86.2. The van der Waals surface area contributed by atoms with Crippen LogP contribution in [0.2, 0.25) is 0 Å². The Hall–Kier alpha value is -3.83. The summed E-state index contributed by atoms with van der Waals surface area (Å²) in [4.78, 5) is 111. The normalized spacial score (nSPS) is 12.1. The van der Waals surface area contributed by atoms with Gasteiger partial charge in [-0.3, -0.25) is 33.6 Å². The molecule has 2 unspecified atom stereocenters. The molecule has 528 valence electrons. The summed E-state index contributed by atoms with van der Waals surface area (Å²) >= 11 is 0. The molecule has 0 bridgehead atoms. The molecule has 90 heavy (non-hydrogen) atoms. The highest BCUT2D eigenvalue weighted by Gasteiger charge is 2.31. The van der Waals surface area contributed by atoms with E-state index in [9.17, 15) is 29.4 Å². The molecule has 0 heterocycles. The van der Waals surface area contributed by atoms with Crippen LogP contribution >= 0.6 is 0 Å². The van der Waals surface area contributed by atoms with Crippen LogP contribution in [0, 0.1) is 11.8 Å². The van der Waals surface area contributed by atoms with E-state index in [-0.39, 0.29) is 106 Å². The van der Waals surface area contributed by atoms with Gasteiger partial charge in [0.1, 0.15) is 0 Å². The van der Waals surface area contributed by atoms with Gasteiger partial charge in [0.05, 0.1) is 65.1 Å². The number of hydrogen-bond donors (Lipinski definition) is 4. The van der Waals surface area contributed by atoms with Gasteiger partial charge in [0.2, 0.25) is 41.4 Å². The van der Waals surface area contributed by atoms with E-state index < -0.39 is 11.9 Å². The Balaban J connectivity index is 7.45. The fourth-order valence-electron chi connectivity index (χ4n) is 11.9. The number of nitrogens with two attached hydrogens (primary N) is 1. The van der Waals surface area contributed by atoms with Gasteiger partial charge in [-0.15, -0.1) is 0 Å². The number of aliphatic hydroxyl groups excluding tert-OH is 2. The minimum atomic E-state index is -0.690. The quantitative estimate of drug-likeness (QED) is 0.0422. The van der Waals surface area contributed by atoms with Gasteiger partial charge in [-0.1, -0.05) is 274 Å². The minimum absolute atomic E-state index is 0.0843. The third kappa shape index (κ3) is 45.5. The molecule has 0 saturated carbocycles. The van der Waals surface area contributed by atoms with Crippen LogP contribution in [0.3, 0.4) is 0 Å². The maximum Gasteiger partial charge on any atom is 0.242 e. The first-order valence-corrected chi connectivity index (χ1v) is 37.5. The van der Waals surface area contributed by atoms with Crippen molar-refractivity contribution < 1.29 is 43.8 Å². The van der Waals surface area contributed by atoms with E-state index >= 15 is 14.4 Å². The molecule has 0 saturated heterocycles. The minimum Gasteiger partial charge on any atom is -0.395 e. The smallest absolute Gasteiger partial charge is 0.242 e. The third-order valence-electron chi connectivity index (χ3n) is 18.2. The van der Waals surface area contributed by atoms with Gasteiger partial charge in [0, 0.05) is 39.3 Å². The van der Waals surface area contributed by atoms with E-state index in [1.54, 1.807) is 24.5 Å². The molecule has 0 spiro atoms. The predicted octanol–water partition coefficient (Wildman–Crippen LogP) is 13.4. The SMILES string of the molecule is CCCCCCCCCCN(CC(=O)N(CCCCCCCCCC)CC(=O)N(CC(=O)N(CCCCCCCCCC)CC(=O)N(CCCCCCCCCC)CC(=O)N(CC(N)=O)CC(CC)CCCC)CC(CC)CCCC)C(=O)CNC(CO)CO. The molecule has 5 N–H and O–H groups in total. The van der Waals surface area contributed by atoms with Crippen LogP contribution in [-0.4, -0.2) is 185 Å². The van der Waals surface area contributed by atoms with Crippen LogP contribution in [-0.2, 0) is 33.6 Å². The summed E-state index contributed by atoms with van der Waals surface area (Å²) in [5.74, 6) is -2.44. The van der Waals surface area contributed by atoms with Gasteiger partial charge in [-0.2, -0.15) is 0 Å². The number of nitrogens with zero attached hydrogens (tertiary/aromatic N) is 6. The van der Waals surface area contributed by atoms with E-state index in [4.69, 9.17) is 5.73 Å². The van der Waals surface area contributed by atoms with Crippen molar-refractivity contribution in [3.05, 3.63) is 0 Å². The van der Waals surface area contributed by atoms with Crippen molar-refractivity contribution in [2.75, 3.05) is 98.3 Å². The Morgan fingerprint density at radius 1 is 0.311 bits per heavy atom. The molecule has 0 fully saturated rings. The number of carbonyl (C=O) groups excluding carboxylic acids is 7. The van der Waals surface area contributed by atoms with Gasteiger partial charge in [-0.25, -0.2) is 0 Å². The second-order valence-corrected chi connectivity index (χ2v) is 26.5. The fourth-order valence-corrected chi connectivity index (χ4v) is 11.9. The molecule has 0 rings (SSSR count). The molecule has 7 amide bonds. The Bertz CT molecular complexity index is 1790. The molecular weight excluding hydrogens is 1130 g/mol. The van der Waals surface area contributed by atoms with Crippen molar-refractivity contribution in [1.82, 2.24) is 34.7 Å². The van der Waals surface area contributed by atoms with Crippen LogP contribution in [0.5, 0.6) is 0 Å². The Morgan fingerprint density at radius 2 is 0.544 bits per heavy atom. The monoisotopic (exact) mass is 1280 g/mol. The first-order valence-electron chi connectivity index (χ1n) is 37.5. The van der Waals surface area contributed by atoms with E-state index in [0.29, 0.717) is 65.0 Å². The number of nitrogens with one attached hydrogen (secondary N) is 1. The number of rotatable bonds is 65. The number of unbranched alkanes of at least 4 members (excludes halogenated alkanes) is 30. The summed E-state index contributed by atoms with van der Waals surface area (Å²) in [5, 5.41) is 22.5. The Labute approximate surface area is 551 Å².